The van der Waals surface area contributed by atoms with E-state index in [4.69, 9.17) is 11.6 Å². The van der Waals surface area contributed by atoms with Gasteiger partial charge in [-0.1, -0.05) is 29.8 Å². The van der Waals surface area contributed by atoms with E-state index in [1.165, 1.54) is 38.0 Å². The molecule has 1 aromatic carbocycles. The Morgan fingerprint density at radius 3 is 2.53 bits per heavy atom. The number of halogens is 1. The maximum atomic E-state index is 6.34. The summed E-state index contributed by atoms with van der Waals surface area (Å²) in [5, 5.41) is 4.35. The number of nitrogens with one attached hydrogen (secondary N) is 1. The van der Waals surface area contributed by atoms with Crippen LogP contribution in [-0.4, -0.2) is 37.6 Å². The van der Waals surface area contributed by atoms with Gasteiger partial charge in [0.15, 0.2) is 0 Å². The molecule has 0 amide bonds. The first-order valence-corrected chi connectivity index (χ1v) is 6.86. The summed E-state index contributed by atoms with van der Waals surface area (Å²) in [6.45, 7) is 5.77. The number of hydrogen-bond acceptors (Lipinski definition) is 2. The average Bonchev–Trinajstić information content (AvgIpc) is 3.12. The number of nitrogens with zero attached hydrogens (tertiary/aromatic N) is 1. The lowest BCUT2D eigenvalue weighted by atomic mass is 9.95. The van der Waals surface area contributed by atoms with Crippen molar-refractivity contribution in [2.45, 2.75) is 18.3 Å². The minimum atomic E-state index is 0.357. The standard InChI is InChI=1S/C14H19ClN2/c15-13-4-2-1-3-12(13)14(5-6-14)11-17-9-7-16-8-10-17/h1-4,16H,5-11H2. The van der Waals surface area contributed by atoms with Crippen molar-refractivity contribution in [1.29, 1.82) is 0 Å². The highest BCUT2D eigenvalue weighted by molar-refractivity contribution is 6.31. The largest absolute Gasteiger partial charge is 0.314 e. The molecule has 1 saturated carbocycles. The lowest BCUT2D eigenvalue weighted by molar-refractivity contribution is 0.221. The van der Waals surface area contributed by atoms with Gasteiger partial charge >= 0.3 is 0 Å². The third-order valence-electron chi connectivity index (χ3n) is 4.03. The molecule has 17 heavy (non-hydrogen) atoms. The quantitative estimate of drug-likeness (QED) is 0.886. The second kappa shape index (κ2) is 4.60. The van der Waals surface area contributed by atoms with Gasteiger partial charge in [-0.3, -0.25) is 4.90 Å². The van der Waals surface area contributed by atoms with Gasteiger partial charge in [0.1, 0.15) is 0 Å². The van der Waals surface area contributed by atoms with E-state index >= 15 is 0 Å². The lowest BCUT2D eigenvalue weighted by Crippen LogP contribution is -2.46. The molecule has 1 saturated heterocycles. The summed E-state index contributed by atoms with van der Waals surface area (Å²) in [6.07, 6.45) is 2.58. The van der Waals surface area contributed by atoms with Crippen molar-refractivity contribution < 1.29 is 0 Å². The first kappa shape index (κ1) is 11.5. The fourth-order valence-electron chi connectivity index (χ4n) is 2.85. The van der Waals surface area contributed by atoms with Crippen LogP contribution in [0.5, 0.6) is 0 Å². The summed E-state index contributed by atoms with van der Waals surface area (Å²) in [4.78, 5) is 2.58. The highest BCUT2D eigenvalue weighted by atomic mass is 35.5. The molecule has 0 unspecified atom stereocenters. The first-order chi connectivity index (χ1) is 8.30. The molecule has 1 N–H and O–H groups in total. The minimum absolute atomic E-state index is 0.357. The summed E-state index contributed by atoms with van der Waals surface area (Å²) in [5.74, 6) is 0. The third-order valence-corrected chi connectivity index (χ3v) is 4.36. The van der Waals surface area contributed by atoms with Crippen LogP contribution in [0, 0.1) is 0 Å². The zero-order valence-corrected chi connectivity index (χ0v) is 10.8. The molecule has 92 valence electrons. The van der Waals surface area contributed by atoms with Crippen molar-refractivity contribution in [3.63, 3.8) is 0 Å². The molecule has 2 aliphatic rings. The monoisotopic (exact) mass is 250 g/mol. The van der Waals surface area contributed by atoms with Crippen LogP contribution in [0.4, 0.5) is 0 Å². The molecule has 0 atom stereocenters. The second-order valence-corrected chi connectivity index (χ2v) is 5.69. The van der Waals surface area contributed by atoms with E-state index in [0.717, 1.165) is 18.1 Å². The Morgan fingerprint density at radius 1 is 1.18 bits per heavy atom. The van der Waals surface area contributed by atoms with E-state index in [9.17, 15) is 0 Å². The van der Waals surface area contributed by atoms with Crippen LogP contribution in [-0.2, 0) is 5.41 Å². The highest BCUT2D eigenvalue weighted by Gasteiger charge is 2.46. The van der Waals surface area contributed by atoms with Gasteiger partial charge in [-0.05, 0) is 24.5 Å². The van der Waals surface area contributed by atoms with Gasteiger partial charge in [0.2, 0.25) is 0 Å². The van der Waals surface area contributed by atoms with Crippen molar-refractivity contribution in [2.24, 2.45) is 0 Å². The predicted molar refractivity (Wildman–Crippen MR) is 71.7 cm³/mol. The molecule has 1 aliphatic carbocycles. The fourth-order valence-corrected chi connectivity index (χ4v) is 3.19. The molecule has 2 fully saturated rings. The van der Waals surface area contributed by atoms with E-state index in [-0.39, 0.29) is 0 Å². The number of hydrogen-bond donors (Lipinski definition) is 1. The molecule has 3 heteroatoms. The Morgan fingerprint density at radius 2 is 1.88 bits per heavy atom. The van der Waals surface area contributed by atoms with Gasteiger partial charge in [0, 0.05) is 43.2 Å². The first-order valence-electron chi connectivity index (χ1n) is 6.48. The second-order valence-electron chi connectivity index (χ2n) is 5.29. The van der Waals surface area contributed by atoms with Crippen LogP contribution >= 0.6 is 11.6 Å². The Hall–Kier alpha value is -0.570. The van der Waals surface area contributed by atoms with Crippen molar-refractivity contribution in [3.05, 3.63) is 34.9 Å². The molecule has 0 radical (unpaired) electrons. The maximum absolute atomic E-state index is 6.34. The number of piperazine rings is 1. The molecular formula is C14H19ClN2. The van der Waals surface area contributed by atoms with Gasteiger partial charge in [-0.2, -0.15) is 0 Å². The molecule has 2 nitrogen and oxygen atoms in total. The molecule has 0 spiro atoms. The van der Waals surface area contributed by atoms with Gasteiger partial charge in [-0.25, -0.2) is 0 Å². The normalized spacial score (nSPS) is 23.6. The van der Waals surface area contributed by atoms with E-state index in [1.807, 2.05) is 12.1 Å². The van der Waals surface area contributed by atoms with Crippen molar-refractivity contribution in [3.8, 4) is 0 Å². The van der Waals surface area contributed by atoms with Gasteiger partial charge in [-0.15, -0.1) is 0 Å². The zero-order valence-electron chi connectivity index (χ0n) is 10.1. The average molecular weight is 251 g/mol. The van der Waals surface area contributed by atoms with Gasteiger partial charge in [0.25, 0.3) is 0 Å². The Kier molecular flexibility index (Phi) is 3.12. The SMILES string of the molecule is Clc1ccccc1C1(CN2CCNCC2)CC1. The summed E-state index contributed by atoms with van der Waals surface area (Å²) >= 11 is 6.34. The number of benzene rings is 1. The zero-order chi connectivity index (χ0) is 11.7. The summed E-state index contributed by atoms with van der Waals surface area (Å²) < 4.78 is 0. The molecule has 0 bridgehead atoms. The molecule has 0 aromatic heterocycles. The van der Waals surface area contributed by atoms with Gasteiger partial charge in [0.05, 0.1) is 0 Å². The van der Waals surface area contributed by atoms with Crippen LogP contribution in [0.2, 0.25) is 5.02 Å². The molecule has 1 heterocycles. The maximum Gasteiger partial charge on any atom is 0.0444 e. The van der Waals surface area contributed by atoms with Crippen LogP contribution in [0.15, 0.2) is 24.3 Å². The van der Waals surface area contributed by atoms with Crippen LogP contribution in [0.25, 0.3) is 0 Å². The van der Waals surface area contributed by atoms with E-state index < -0.39 is 0 Å². The Bertz CT molecular complexity index is 395. The smallest absolute Gasteiger partial charge is 0.0444 e. The number of rotatable bonds is 3. The lowest BCUT2D eigenvalue weighted by Gasteiger charge is -2.31. The van der Waals surface area contributed by atoms with E-state index in [0.29, 0.717) is 5.41 Å². The Balaban J connectivity index is 1.75. The summed E-state index contributed by atoms with van der Waals surface area (Å²) in [7, 11) is 0. The van der Waals surface area contributed by atoms with Crippen LogP contribution in [0.3, 0.4) is 0 Å². The Labute approximate surface area is 108 Å². The van der Waals surface area contributed by atoms with Gasteiger partial charge < -0.3 is 5.32 Å². The minimum Gasteiger partial charge on any atom is -0.314 e. The summed E-state index contributed by atoms with van der Waals surface area (Å²) in [5.41, 5.74) is 1.72. The highest BCUT2D eigenvalue weighted by Crippen LogP contribution is 2.50. The topological polar surface area (TPSA) is 15.3 Å². The van der Waals surface area contributed by atoms with E-state index in [2.05, 4.69) is 22.3 Å². The fraction of sp³-hybridized carbons (Fsp3) is 0.571. The molecular weight excluding hydrogens is 232 g/mol. The summed E-state index contributed by atoms with van der Waals surface area (Å²) in [6, 6.07) is 8.36. The molecule has 1 aliphatic heterocycles. The molecule has 3 rings (SSSR count). The van der Waals surface area contributed by atoms with E-state index in [1.54, 1.807) is 0 Å². The predicted octanol–water partition coefficient (Wildman–Crippen LogP) is 2.28. The van der Waals surface area contributed by atoms with Crippen molar-refractivity contribution in [1.82, 2.24) is 10.2 Å². The third kappa shape index (κ3) is 2.35. The molecule has 1 aromatic rings. The van der Waals surface area contributed by atoms with Crippen LogP contribution < -0.4 is 5.32 Å². The van der Waals surface area contributed by atoms with Crippen LogP contribution in [0.1, 0.15) is 18.4 Å². The van der Waals surface area contributed by atoms with Crippen molar-refractivity contribution in [2.75, 3.05) is 32.7 Å². The van der Waals surface area contributed by atoms with Crippen molar-refractivity contribution >= 4 is 11.6 Å².